The molecule has 0 amide bonds. The van der Waals surface area contributed by atoms with Gasteiger partial charge in [-0.25, -0.2) is 4.79 Å². The topological polar surface area (TPSA) is 63.3 Å². The van der Waals surface area contributed by atoms with E-state index in [2.05, 4.69) is 0 Å². The highest BCUT2D eigenvalue weighted by Gasteiger charge is 2.16. The van der Waals surface area contributed by atoms with Crippen molar-refractivity contribution in [2.75, 3.05) is 5.73 Å². The van der Waals surface area contributed by atoms with Crippen molar-refractivity contribution in [3.05, 3.63) is 28.6 Å². The number of hydrogen-bond acceptors (Lipinski definition) is 3. The predicted octanol–water partition coefficient (Wildman–Crippen LogP) is 2.74. The second kappa shape index (κ2) is 3.55. The van der Waals surface area contributed by atoms with Crippen LogP contribution >= 0.6 is 11.3 Å². The van der Waals surface area contributed by atoms with Crippen LogP contribution in [-0.2, 0) is 6.42 Å². The summed E-state index contributed by atoms with van der Waals surface area (Å²) >= 11 is 1.26. The summed E-state index contributed by atoms with van der Waals surface area (Å²) in [4.78, 5) is 11.4. The fraction of sp³-hybridized carbons (Fsp3) is 0.182. The zero-order valence-electron chi connectivity index (χ0n) is 8.28. The van der Waals surface area contributed by atoms with Gasteiger partial charge in [-0.05, 0) is 23.4 Å². The molecule has 1 heterocycles. The molecular formula is C11H11NO2S. The Morgan fingerprint density at radius 3 is 2.87 bits per heavy atom. The normalized spacial score (nSPS) is 10.7. The maximum absolute atomic E-state index is 11.0. The van der Waals surface area contributed by atoms with Crippen LogP contribution in [0.4, 0.5) is 5.69 Å². The number of rotatable bonds is 2. The summed E-state index contributed by atoms with van der Waals surface area (Å²) in [6, 6.07) is 5.58. The van der Waals surface area contributed by atoms with E-state index in [0.717, 1.165) is 15.6 Å². The summed E-state index contributed by atoms with van der Waals surface area (Å²) in [6.07, 6.45) is 0.713. The minimum Gasteiger partial charge on any atom is -0.477 e. The molecule has 4 heteroatoms. The van der Waals surface area contributed by atoms with Crippen molar-refractivity contribution in [2.24, 2.45) is 0 Å². The fourth-order valence-electron chi connectivity index (χ4n) is 1.72. The van der Waals surface area contributed by atoms with Crippen LogP contribution in [0.5, 0.6) is 0 Å². The number of carbonyl (C=O) groups is 1. The van der Waals surface area contributed by atoms with Gasteiger partial charge >= 0.3 is 5.97 Å². The molecule has 0 fully saturated rings. The lowest BCUT2D eigenvalue weighted by molar-refractivity contribution is 0.0701. The number of hydrogen-bond donors (Lipinski definition) is 2. The Bertz CT molecular complexity index is 531. The molecule has 2 aromatic rings. The van der Waals surface area contributed by atoms with Gasteiger partial charge in [-0.1, -0.05) is 19.1 Å². The van der Waals surface area contributed by atoms with Crippen molar-refractivity contribution in [2.45, 2.75) is 13.3 Å². The van der Waals surface area contributed by atoms with Crippen molar-refractivity contribution in [1.29, 1.82) is 0 Å². The van der Waals surface area contributed by atoms with E-state index in [1.54, 1.807) is 6.07 Å². The Kier molecular flexibility index (Phi) is 2.36. The van der Waals surface area contributed by atoms with E-state index in [-0.39, 0.29) is 0 Å². The van der Waals surface area contributed by atoms with Crippen molar-refractivity contribution >= 4 is 33.1 Å². The SMILES string of the molecule is CCc1c(C(=O)O)sc2c(N)cccc12. The van der Waals surface area contributed by atoms with Gasteiger partial charge in [0.25, 0.3) is 0 Å². The Morgan fingerprint density at radius 2 is 2.27 bits per heavy atom. The minimum atomic E-state index is -0.868. The molecule has 0 radical (unpaired) electrons. The first kappa shape index (κ1) is 9.98. The molecule has 78 valence electrons. The number of anilines is 1. The molecule has 3 nitrogen and oxygen atoms in total. The smallest absolute Gasteiger partial charge is 0.346 e. The largest absolute Gasteiger partial charge is 0.477 e. The second-order valence-corrected chi connectivity index (χ2v) is 4.31. The van der Waals surface area contributed by atoms with Gasteiger partial charge in [-0.2, -0.15) is 0 Å². The molecule has 0 atom stereocenters. The number of carboxylic acid groups (broad SMARTS) is 1. The summed E-state index contributed by atoms with van der Waals surface area (Å²) in [7, 11) is 0. The highest BCUT2D eigenvalue weighted by molar-refractivity contribution is 7.21. The van der Waals surface area contributed by atoms with Gasteiger partial charge in [0.05, 0.1) is 4.70 Å². The summed E-state index contributed by atoms with van der Waals surface area (Å²) in [5, 5.41) is 10.0. The van der Waals surface area contributed by atoms with E-state index in [1.807, 2.05) is 19.1 Å². The number of carboxylic acids is 1. The molecule has 0 saturated heterocycles. The van der Waals surface area contributed by atoms with Gasteiger partial charge in [0.1, 0.15) is 4.88 Å². The average molecular weight is 221 g/mol. The summed E-state index contributed by atoms with van der Waals surface area (Å²) in [6.45, 7) is 1.96. The van der Waals surface area contributed by atoms with Crippen LogP contribution in [0, 0.1) is 0 Å². The van der Waals surface area contributed by atoms with Crippen LogP contribution < -0.4 is 5.73 Å². The van der Waals surface area contributed by atoms with Crippen LogP contribution in [-0.4, -0.2) is 11.1 Å². The summed E-state index contributed by atoms with van der Waals surface area (Å²) < 4.78 is 0.881. The monoisotopic (exact) mass is 221 g/mol. The highest BCUT2D eigenvalue weighted by atomic mass is 32.1. The van der Waals surface area contributed by atoms with E-state index in [9.17, 15) is 4.79 Å². The first-order valence-corrected chi connectivity index (χ1v) is 5.50. The van der Waals surface area contributed by atoms with Crippen LogP contribution in [0.25, 0.3) is 10.1 Å². The standard InChI is InChI=1S/C11H11NO2S/c1-2-6-7-4-3-5-8(12)9(7)15-10(6)11(13)14/h3-5H,2,12H2,1H3,(H,13,14). The van der Waals surface area contributed by atoms with Gasteiger partial charge in [0, 0.05) is 5.69 Å². The number of thiophene rings is 1. The van der Waals surface area contributed by atoms with E-state index < -0.39 is 5.97 Å². The predicted molar refractivity (Wildman–Crippen MR) is 62.6 cm³/mol. The number of benzene rings is 1. The Morgan fingerprint density at radius 1 is 1.53 bits per heavy atom. The third kappa shape index (κ3) is 1.47. The third-order valence-corrected chi connectivity index (χ3v) is 3.68. The zero-order chi connectivity index (χ0) is 11.0. The average Bonchev–Trinajstić information content (AvgIpc) is 2.57. The molecular weight excluding hydrogens is 210 g/mol. The molecule has 0 aliphatic rings. The minimum absolute atomic E-state index is 0.408. The third-order valence-electron chi connectivity index (χ3n) is 2.40. The van der Waals surface area contributed by atoms with Crippen molar-refractivity contribution in [3.63, 3.8) is 0 Å². The van der Waals surface area contributed by atoms with Gasteiger partial charge in [0.15, 0.2) is 0 Å². The summed E-state index contributed by atoms with van der Waals surface area (Å²) in [5.41, 5.74) is 7.35. The van der Waals surface area contributed by atoms with Gasteiger partial charge in [-0.15, -0.1) is 11.3 Å². The highest BCUT2D eigenvalue weighted by Crippen LogP contribution is 2.35. The Labute approximate surface area is 91.1 Å². The maximum atomic E-state index is 11.0. The zero-order valence-corrected chi connectivity index (χ0v) is 9.10. The molecule has 0 bridgehead atoms. The number of fused-ring (bicyclic) bond motifs is 1. The lowest BCUT2D eigenvalue weighted by atomic mass is 10.1. The molecule has 3 N–H and O–H groups in total. The van der Waals surface area contributed by atoms with Crippen molar-refractivity contribution in [3.8, 4) is 0 Å². The Balaban J connectivity index is 2.84. The van der Waals surface area contributed by atoms with Crippen LogP contribution in [0.2, 0.25) is 0 Å². The molecule has 1 aromatic heterocycles. The molecule has 2 rings (SSSR count). The van der Waals surface area contributed by atoms with E-state index >= 15 is 0 Å². The first-order valence-electron chi connectivity index (χ1n) is 4.68. The lowest BCUT2D eigenvalue weighted by Gasteiger charge is -1.97. The quantitative estimate of drug-likeness (QED) is 0.766. The van der Waals surface area contributed by atoms with E-state index in [0.29, 0.717) is 17.0 Å². The van der Waals surface area contributed by atoms with Gasteiger partial charge in [-0.3, -0.25) is 0 Å². The lowest BCUT2D eigenvalue weighted by Crippen LogP contribution is -1.96. The number of aryl methyl sites for hydroxylation is 1. The van der Waals surface area contributed by atoms with Crippen molar-refractivity contribution in [1.82, 2.24) is 0 Å². The first-order chi connectivity index (χ1) is 7.15. The van der Waals surface area contributed by atoms with E-state index in [1.165, 1.54) is 11.3 Å². The molecule has 0 unspecified atom stereocenters. The second-order valence-electron chi connectivity index (χ2n) is 3.29. The van der Waals surface area contributed by atoms with Crippen LogP contribution in [0.3, 0.4) is 0 Å². The maximum Gasteiger partial charge on any atom is 0.346 e. The van der Waals surface area contributed by atoms with E-state index in [4.69, 9.17) is 10.8 Å². The molecule has 1 aromatic carbocycles. The number of nitrogen functional groups attached to an aromatic ring is 1. The van der Waals surface area contributed by atoms with Gasteiger partial charge in [0.2, 0.25) is 0 Å². The molecule has 15 heavy (non-hydrogen) atoms. The fourth-order valence-corrected chi connectivity index (χ4v) is 2.87. The summed E-state index contributed by atoms with van der Waals surface area (Å²) in [5.74, 6) is -0.868. The van der Waals surface area contributed by atoms with Gasteiger partial charge < -0.3 is 10.8 Å². The molecule has 0 aliphatic carbocycles. The van der Waals surface area contributed by atoms with Crippen molar-refractivity contribution < 1.29 is 9.90 Å². The van der Waals surface area contributed by atoms with Crippen LogP contribution in [0.1, 0.15) is 22.2 Å². The molecule has 0 saturated carbocycles. The molecule has 0 spiro atoms. The van der Waals surface area contributed by atoms with Crippen LogP contribution in [0.15, 0.2) is 18.2 Å². The Hall–Kier alpha value is -1.55. The number of aromatic carboxylic acids is 1. The molecule has 0 aliphatic heterocycles. The number of nitrogens with two attached hydrogens (primary N) is 1.